The highest BCUT2D eigenvalue weighted by Gasteiger charge is 2.03. The Morgan fingerprint density at radius 1 is 1.29 bits per heavy atom. The summed E-state index contributed by atoms with van der Waals surface area (Å²) in [5.74, 6) is 0.472. The van der Waals surface area contributed by atoms with Crippen molar-refractivity contribution >= 4 is 11.4 Å². The molecule has 0 unspecified atom stereocenters. The van der Waals surface area contributed by atoms with Gasteiger partial charge in [0.1, 0.15) is 0 Å². The van der Waals surface area contributed by atoms with Crippen molar-refractivity contribution < 1.29 is 13.6 Å². The van der Waals surface area contributed by atoms with E-state index in [9.17, 15) is 0 Å². The van der Waals surface area contributed by atoms with E-state index in [1.165, 1.54) is 6.26 Å². The Bertz CT molecular complexity index is 224. The maximum atomic E-state index is 4.70. The second-order valence-electron chi connectivity index (χ2n) is 1.24. The molecule has 2 aromatic rings. The van der Waals surface area contributed by atoms with Gasteiger partial charge in [0.05, 0.1) is 6.26 Å². The molecule has 0 atom stereocenters. The first kappa shape index (κ1) is 2.96. The van der Waals surface area contributed by atoms with Gasteiger partial charge in [-0.15, -0.1) is 0 Å². The van der Waals surface area contributed by atoms with E-state index < -0.39 is 0 Å². The highest BCUT2D eigenvalue weighted by molar-refractivity contribution is 5.62. The molecule has 2 heterocycles. The monoisotopic (exact) mass is 98.0 g/mol. The van der Waals surface area contributed by atoms with Crippen molar-refractivity contribution in [2.24, 2.45) is 0 Å². The van der Waals surface area contributed by atoms with Crippen LogP contribution in [0.1, 0.15) is 0 Å². The van der Waals surface area contributed by atoms with Crippen molar-refractivity contribution in [3.05, 3.63) is 12.3 Å². The fourth-order valence-corrected chi connectivity index (χ4v) is 0.455. The zero-order valence-electron chi connectivity index (χ0n) is 3.38. The van der Waals surface area contributed by atoms with Crippen LogP contribution in [0.2, 0.25) is 0 Å². The molecule has 0 amide bonds. The predicted molar refractivity (Wildman–Crippen MR) is 20.7 cm³/mol. The average molecular weight is 98.1 g/mol. The fourth-order valence-electron chi connectivity index (χ4n) is 0.455. The van der Waals surface area contributed by atoms with Crippen LogP contribution in [-0.2, 0) is 0 Å². The van der Waals surface area contributed by atoms with Gasteiger partial charge in [-0.3, -0.25) is 4.58 Å². The van der Waals surface area contributed by atoms with Gasteiger partial charge < -0.3 is 4.42 Å². The molecule has 3 nitrogen and oxygen atoms in total. The van der Waals surface area contributed by atoms with Crippen LogP contribution in [0.4, 0.5) is 0 Å². The number of rotatable bonds is 0. The molecule has 0 saturated heterocycles. The molecule has 0 aliphatic carbocycles. The van der Waals surface area contributed by atoms with Gasteiger partial charge >= 0.3 is 5.78 Å². The topological polar surface area (TPSA) is 39.4 Å². The maximum absolute atomic E-state index is 4.70. The molecule has 0 bridgehead atoms. The van der Waals surface area contributed by atoms with E-state index in [-0.39, 0.29) is 0 Å². The Kier molecular flexibility index (Phi) is 0.318. The Labute approximate surface area is 38.4 Å². The average Bonchev–Trinajstić information content (AvgIpc) is 1.85. The lowest BCUT2D eigenvalue weighted by Crippen LogP contribution is -1.60. The van der Waals surface area contributed by atoms with Gasteiger partial charge in [-0.1, -0.05) is 0 Å². The van der Waals surface area contributed by atoms with E-state index in [2.05, 4.69) is 9.15 Å². The summed E-state index contributed by atoms with van der Waals surface area (Å²) in [6.45, 7) is 0. The van der Waals surface area contributed by atoms with Crippen LogP contribution in [-0.4, -0.2) is 0 Å². The molecular weight excluding hydrogens is 96.0 g/mol. The zero-order chi connectivity index (χ0) is 4.69. The molecule has 0 saturated carbocycles. The van der Waals surface area contributed by atoms with E-state index in [0.29, 0.717) is 11.4 Å². The van der Waals surface area contributed by atoms with Crippen LogP contribution >= 0.6 is 0 Å². The first-order valence-electron chi connectivity index (χ1n) is 1.89. The third-order valence-corrected chi connectivity index (χ3v) is 0.803. The minimum atomic E-state index is 0.472. The summed E-state index contributed by atoms with van der Waals surface area (Å²) in [5.41, 5.74) is 0.681. The van der Waals surface area contributed by atoms with Crippen molar-refractivity contribution in [1.82, 2.24) is 0 Å². The molecule has 3 heteroatoms. The summed E-state index contributed by atoms with van der Waals surface area (Å²) in [5, 5.41) is 0. The largest absolute Gasteiger partial charge is 0.428 e. The van der Waals surface area contributed by atoms with Gasteiger partial charge in [0.2, 0.25) is 0 Å². The van der Waals surface area contributed by atoms with E-state index in [1.54, 1.807) is 6.07 Å². The minimum absolute atomic E-state index is 0.472. The predicted octanol–water partition coefficient (Wildman–Crippen LogP) is 1.62. The van der Waals surface area contributed by atoms with Gasteiger partial charge in [0, 0.05) is 6.07 Å². The highest BCUT2D eigenvalue weighted by atomic mass is 17.0. The molecule has 2 aromatic heterocycles. The zero-order valence-corrected chi connectivity index (χ0v) is 3.38. The molecule has 0 fully saturated rings. The molecule has 0 aliphatic heterocycles. The van der Waals surface area contributed by atoms with Gasteiger partial charge in [-0.2, -0.15) is 0 Å². The number of hydrogen-bond acceptors (Lipinski definition) is 3. The standard InChI is InChI=1S/C4H2O3/c1-2-5-4-3(1)6-7-4/h1-2H. The lowest BCUT2D eigenvalue weighted by molar-refractivity contribution is 0.0423. The molecule has 0 radical (unpaired) electrons. The van der Waals surface area contributed by atoms with E-state index >= 15 is 0 Å². The van der Waals surface area contributed by atoms with Gasteiger partial charge in [-0.25, -0.2) is 4.58 Å². The SMILES string of the molecule is c1cc2ooc2o1. The summed E-state index contributed by atoms with van der Waals surface area (Å²) >= 11 is 0. The first-order valence-corrected chi connectivity index (χ1v) is 1.89. The minimum Gasteiger partial charge on any atom is -0.428 e. The lowest BCUT2D eigenvalue weighted by Gasteiger charge is -1.82. The summed E-state index contributed by atoms with van der Waals surface area (Å²) < 4.78 is 13.5. The van der Waals surface area contributed by atoms with Crippen LogP contribution in [0.25, 0.3) is 11.4 Å². The second-order valence-corrected chi connectivity index (χ2v) is 1.24. The van der Waals surface area contributed by atoms with Crippen LogP contribution in [0.15, 0.2) is 25.9 Å². The second kappa shape index (κ2) is 0.753. The maximum Gasteiger partial charge on any atom is 0.383 e. The number of hydrogen-bond donors (Lipinski definition) is 0. The summed E-state index contributed by atoms with van der Waals surface area (Å²) in [6, 6.07) is 1.69. The van der Waals surface area contributed by atoms with Gasteiger partial charge in [0.15, 0.2) is 0 Å². The van der Waals surface area contributed by atoms with Crippen molar-refractivity contribution in [3.8, 4) is 0 Å². The Morgan fingerprint density at radius 2 is 2.29 bits per heavy atom. The summed E-state index contributed by atoms with van der Waals surface area (Å²) in [6.07, 6.45) is 1.51. The Morgan fingerprint density at radius 3 is 2.57 bits per heavy atom. The molecule has 0 spiro atoms. The third-order valence-electron chi connectivity index (χ3n) is 0.803. The smallest absolute Gasteiger partial charge is 0.383 e. The van der Waals surface area contributed by atoms with Crippen LogP contribution < -0.4 is 0 Å². The number of fused-ring (bicyclic) bond motifs is 1. The Hall–Kier alpha value is -1.12. The molecular formula is C4H2O3. The van der Waals surface area contributed by atoms with Crippen LogP contribution in [0.3, 0.4) is 0 Å². The van der Waals surface area contributed by atoms with Crippen molar-refractivity contribution in [2.75, 3.05) is 0 Å². The van der Waals surface area contributed by atoms with E-state index in [0.717, 1.165) is 0 Å². The van der Waals surface area contributed by atoms with Gasteiger partial charge in [0.25, 0.3) is 5.58 Å². The van der Waals surface area contributed by atoms with Crippen molar-refractivity contribution in [1.29, 1.82) is 0 Å². The molecule has 0 aromatic carbocycles. The molecule has 2 rings (SSSR count). The van der Waals surface area contributed by atoms with Crippen molar-refractivity contribution in [2.45, 2.75) is 0 Å². The van der Waals surface area contributed by atoms with Gasteiger partial charge in [-0.05, 0) is 0 Å². The Balaban J connectivity index is 3.05. The van der Waals surface area contributed by atoms with E-state index in [1.807, 2.05) is 0 Å². The molecule has 0 aliphatic rings. The van der Waals surface area contributed by atoms with Crippen LogP contribution in [0, 0.1) is 0 Å². The normalized spacial score (nSPS) is 10.9. The third kappa shape index (κ3) is 0.210. The highest BCUT2D eigenvalue weighted by Crippen LogP contribution is 2.17. The lowest BCUT2D eigenvalue weighted by atomic mass is 10.6. The molecule has 7 heavy (non-hydrogen) atoms. The first-order chi connectivity index (χ1) is 3.47. The summed E-state index contributed by atoms with van der Waals surface area (Å²) in [7, 11) is 0. The quantitative estimate of drug-likeness (QED) is 0.470. The fraction of sp³-hybridized carbons (Fsp3) is 0. The molecule has 0 N–H and O–H groups in total. The van der Waals surface area contributed by atoms with E-state index in [4.69, 9.17) is 4.42 Å². The van der Waals surface area contributed by atoms with Crippen molar-refractivity contribution in [3.63, 3.8) is 0 Å². The van der Waals surface area contributed by atoms with Crippen LogP contribution in [0.5, 0.6) is 0 Å². The molecule has 36 valence electrons. The summed E-state index contributed by atoms with van der Waals surface area (Å²) in [4.78, 5) is 0. The number of furan rings is 1.